The van der Waals surface area contributed by atoms with Crippen molar-refractivity contribution in [2.75, 3.05) is 19.9 Å². The molecule has 0 spiro atoms. The Morgan fingerprint density at radius 3 is 2.50 bits per heavy atom. The summed E-state index contributed by atoms with van der Waals surface area (Å²) in [5, 5.41) is 13.2. The van der Waals surface area contributed by atoms with Crippen LogP contribution in [0.5, 0.6) is 0 Å². The summed E-state index contributed by atoms with van der Waals surface area (Å²) in [5.41, 5.74) is -0.148. The third-order valence-corrected chi connectivity index (χ3v) is 6.36. The number of rotatable bonds is 5. The molecule has 1 aromatic rings. The first-order valence-electron chi connectivity index (χ1n) is 6.65. The molecule has 2 unspecified atom stereocenters. The number of sulfone groups is 1. The second kappa shape index (κ2) is 6.05. The molecule has 112 valence electrons. The Bertz CT molecular complexity index is 550. The Balaban J connectivity index is 2.02. The molecule has 2 rings (SSSR count). The van der Waals surface area contributed by atoms with E-state index >= 15 is 0 Å². The Kier molecular flexibility index (Phi) is 4.79. The third-order valence-electron chi connectivity index (χ3n) is 3.95. The number of hydrogen-bond donors (Lipinski definition) is 2. The van der Waals surface area contributed by atoms with Crippen molar-refractivity contribution in [3.63, 3.8) is 0 Å². The molecule has 6 heteroatoms. The van der Waals surface area contributed by atoms with Gasteiger partial charge in [-0.2, -0.15) is 0 Å². The molecule has 1 aromatic carbocycles. The van der Waals surface area contributed by atoms with E-state index in [0.717, 1.165) is 24.2 Å². The average Bonchev–Trinajstić information content (AvgIpc) is 2.82. The highest BCUT2D eigenvalue weighted by atomic mass is 32.2. The zero-order valence-corrected chi connectivity index (χ0v) is 13.4. The highest BCUT2D eigenvalue weighted by Gasteiger charge is 2.37. The fourth-order valence-corrected chi connectivity index (χ4v) is 4.53. The molecule has 1 saturated carbocycles. The van der Waals surface area contributed by atoms with E-state index in [9.17, 15) is 13.5 Å². The summed E-state index contributed by atoms with van der Waals surface area (Å²) in [6, 6.07) is 7.03. The standard InChI is InChI=1S/C14H21NO3S2/c1-15-14(10-16)8-7-12(9-14)19-11-3-5-13(6-4-11)20(2,17)18/h3-6,12,15-16H,7-10H2,1-2H3. The van der Waals surface area contributed by atoms with Crippen molar-refractivity contribution < 1.29 is 13.5 Å². The monoisotopic (exact) mass is 315 g/mol. The number of nitrogens with one attached hydrogen (secondary N) is 1. The largest absolute Gasteiger partial charge is 0.394 e. The predicted octanol–water partition coefficient (Wildman–Crippen LogP) is 1.69. The molecule has 0 heterocycles. The molecule has 2 atom stereocenters. The molecule has 0 radical (unpaired) electrons. The first-order chi connectivity index (χ1) is 9.38. The van der Waals surface area contributed by atoms with Crippen LogP contribution in [0.3, 0.4) is 0 Å². The van der Waals surface area contributed by atoms with Gasteiger partial charge in [0.2, 0.25) is 0 Å². The van der Waals surface area contributed by atoms with E-state index in [-0.39, 0.29) is 12.1 Å². The number of benzene rings is 1. The van der Waals surface area contributed by atoms with Crippen molar-refractivity contribution in [3.8, 4) is 0 Å². The molecule has 4 nitrogen and oxygen atoms in total. The lowest BCUT2D eigenvalue weighted by Gasteiger charge is -2.26. The molecule has 0 aliphatic heterocycles. The van der Waals surface area contributed by atoms with E-state index < -0.39 is 9.84 Å². The number of thioether (sulfide) groups is 1. The van der Waals surface area contributed by atoms with Crippen LogP contribution >= 0.6 is 11.8 Å². The fraction of sp³-hybridized carbons (Fsp3) is 0.571. The van der Waals surface area contributed by atoms with Crippen LogP contribution in [-0.2, 0) is 9.84 Å². The predicted molar refractivity (Wildman–Crippen MR) is 81.9 cm³/mol. The van der Waals surface area contributed by atoms with Crippen LogP contribution in [0.1, 0.15) is 19.3 Å². The lowest BCUT2D eigenvalue weighted by Crippen LogP contribution is -2.44. The van der Waals surface area contributed by atoms with E-state index in [2.05, 4.69) is 5.32 Å². The Labute approximate surface area is 124 Å². The summed E-state index contributed by atoms with van der Waals surface area (Å²) in [4.78, 5) is 1.43. The van der Waals surface area contributed by atoms with Gasteiger partial charge in [0, 0.05) is 21.9 Å². The lowest BCUT2D eigenvalue weighted by atomic mass is 10.00. The first kappa shape index (κ1) is 15.8. The van der Waals surface area contributed by atoms with Crippen molar-refractivity contribution in [1.29, 1.82) is 0 Å². The third kappa shape index (κ3) is 3.55. The van der Waals surface area contributed by atoms with Gasteiger partial charge in [0.25, 0.3) is 0 Å². The molecule has 0 bridgehead atoms. The van der Waals surface area contributed by atoms with Gasteiger partial charge in [-0.1, -0.05) is 0 Å². The highest BCUT2D eigenvalue weighted by molar-refractivity contribution is 8.00. The maximum atomic E-state index is 11.4. The summed E-state index contributed by atoms with van der Waals surface area (Å²) < 4.78 is 22.8. The molecular weight excluding hydrogens is 294 g/mol. The molecule has 0 amide bonds. The Morgan fingerprint density at radius 2 is 2.05 bits per heavy atom. The average molecular weight is 315 g/mol. The normalized spacial score (nSPS) is 26.9. The molecule has 2 N–H and O–H groups in total. The summed E-state index contributed by atoms with van der Waals surface area (Å²) in [5.74, 6) is 0. The van der Waals surface area contributed by atoms with Gasteiger partial charge in [-0.15, -0.1) is 11.8 Å². The number of aliphatic hydroxyl groups is 1. The molecule has 1 aliphatic carbocycles. The van der Waals surface area contributed by atoms with Gasteiger partial charge < -0.3 is 10.4 Å². The van der Waals surface area contributed by atoms with Crippen molar-refractivity contribution >= 4 is 21.6 Å². The molecule has 20 heavy (non-hydrogen) atoms. The summed E-state index contributed by atoms with van der Waals surface area (Å²) in [6.45, 7) is 0.160. The zero-order chi connectivity index (χ0) is 14.8. The fourth-order valence-electron chi connectivity index (χ4n) is 2.59. The van der Waals surface area contributed by atoms with E-state index in [0.29, 0.717) is 10.1 Å². The van der Waals surface area contributed by atoms with Crippen LogP contribution in [0.4, 0.5) is 0 Å². The SMILES string of the molecule is CNC1(CO)CCC(Sc2ccc(S(C)(=O)=O)cc2)C1. The van der Waals surface area contributed by atoms with Gasteiger partial charge in [0.05, 0.1) is 11.5 Å². The van der Waals surface area contributed by atoms with Crippen molar-refractivity contribution in [2.24, 2.45) is 0 Å². The highest BCUT2D eigenvalue weighted by Crippen LogP contribution is 2.40. The molecule has 1 fully saturated rings. The summed E-state index contributed by atoms with van der Waals surface area (Å²) >= 11 is 1.76. The number of likely N-dealkylation sites (N-methyl/N-ethyl adjacent to an activating group) is 1. The minimum Gasteiger partial charge on any atom is -0.394 e. The minimum absolute atomic E-state index is 0.148. The number of aliphatic hydroxyl groups excluding tert-OH is 1. The summed E-state index contributed by atoms with van der Waals surface area (Å²) in [6.07, 6.45) is 4.17. The maximum Gasteiger partial charge on any atom is 0.175 e. The number of hydrogen-bond acceptors (Lipinski definition) is 5. The molecule has 0 aromatic heterocycles. The van der Waals surface area contributed by atoms with Crippen LogP contribution in [0.2, 0.25) is 0 Å². The van der Waals surface area contributed by atoms with Crippen LogP contribution in [0.25, 0.3) is 0 Å². The van der Waals surface area contributed by atoms with Gasteiger partial charge in [-0.25, -0.2) is 8.42 Å². The topological polar surface area (TPSA) is 66.4 Å². The second-order valence-electron chi connectivity index (χ2n) is 5.41. The Hall–Kier alpha value is -0.560. The first-order valence-corrected chi connectivity index (χ1v) is 9.42. The van der Waals surface area contributed by atoms with Gasteiger partial charge in [0.1, 0.15) is 0 Å². The lowest BCUT2D eigenvalue weighted by molar-refractivity contribution is 0.173. The van der Waals surface area contributed by atoms with E-state index in [1.807, 2.05) is 19.2 Å². The second-order valence-corrected chi connectivity index (χ2v) is 8.80. The van der Waals surface area contributed by atoms with Gasteiger partial charge in [-0.3, -0.25) is 0 Å². The van der Waals surface area contributed by atoms with Crippen molar-refractivity contribution in [1.82, 2.24) is 5.32 Å². The smallest absolute Gasteiger partial charge is 0.175 e. The van der Waals surface area contributed by atoms with Crippen molar-refractivity contribution in [3.05, 3.63) is 24.3 Å². The van der Waals surface area contributed by atoms with E-state index in [4.69, 9.17) is 0 Å². The van der Waals surface area contributed by atoms with Gasteiger partial charge >= 0.3 is 0 Å². The molecular formula is C14H21NO3S2. The van der Waals surface area contributed by atoms with Gasteiger partial charge in [0.15, 0.2) is 9.84 Å². The zero-order valence-electron chi connectivity index (χ0n) is 11.8. The van der Waals surface area contributed by atoms with Crippen LogP contribution in [0.15, 0.2) is 34.1 Å². The summed E-state index contributed by atoms with van der Waals surface area (Å²) in [7, 11) is -1.23. The van der Waals surface area contributed by atoms with Gasteiger partial charge in [-0.05, 0) is 50.6 Å². The quantitative estimate of drug-likeness (QED) is 0.865. The Morgan fingerprint density at radius 1 is 1.40 bits per heavy atom. The van der Waals surface area contributed by atoms with E-state index in [1.165, 1.54) is 6.26 Å². The molecule has 1 aliphatic rings. The van der Waals surface area contributed by atoms with E-state index in [1.54, 1.807) is 23.9 Å². The minimum atomic E-state index is -3.13. The van der Waals surface area contributed by atoms with Crippen LogP contribution in [0, 0.1) is 0 Å². The van der Waals surface area contributed by atoms with Crippen LogP contribution in [-0.4, -0.2) is 44.2 Å². The molecule has 0 saturated heterocycles. The maximum absolute atomic E-state index is 11.4. The van der Waals surface area contributed by atoms with Crippen LogP contribution < -0.4 is 5.32 Å². The van der Waals surface area contributed by atoms with Crippen molar-refractivity contribution in [2.45, 2.75) is 39.8 Å².